The van der Waals surface area contributed by atoms with Crippen LogP contribution in [0.25, 0.3) is 11.0 Å². The van der Waals surface area contributed by atoms with Crippen molar-refractivity contribution in [2.24, 2.45) is 0 Å². The molecule has 2 aromatic carbocycles. The van der Waals surface area contributed by atoms with E-state index in [0.29, 0.717) is 37.5 Å². The van der Waals surface area contributed by atoms with Gasteiger partial charge < -0.3 is 9.88 Å². The highest BCUT2D eigenvalue weighted by molar-refractivity contribution is 7.92. The van der Waals surface area contributed by atoms with E-state index in [-0.39, 0.29) is 17.4 Å². The molecule has 9 nitrogen and oxygen atoms in total. The quantitative estimate of drug-likeness (QED) is 0.461. The fourth-order valence-corrected chi connectivity index (χ4v) is 4.80. The first-order chi connectivity index (χ1) is 15.0. The Hall–Kier alpha value is -3.35. The summed E-state index contributed by atoms with van der Waals surface area (Å²) in [6.07, 6.45) is 0.920. The molecule has 0 amide bonds. The molecule has 1 fully saturated rings. The first-order valence-corrected chi connectivity index (χ1v) is 11.0. The van der Waals surface area contributed by atoms with Crippen molar-refractivity contribution >= 4 is 32.2 Å². The Bertz CT molecular complexity index is 1360. The number of nitrogens with zero attached hydrogens (tertiary/aromatic N) is 3. The van der Waals surface area contributed by atoms with Gasteiger partial charge in [0.15, 0.2) is 0 Å². The van der Waals surface area contributed by atoms with Gasteiger partial charge >= 0.3 is 11.2 Å². The number of sulfone groups is 1. The molecule has 1 aliphatic rings. The predicted octanol–water partition coefficient (Wildman–Crippen LogP) is 3.37. The SMILES string of the molecule is O=c1[nH]c2ccccc2n1C1CCN(c2ccc(S(=O)(=O)C(F)(F)F)cc2[N+](=O)[O-])CC1. The average Bonchev–Trinajstić information content (AvgIpc) is 3.08. The van der Waals surface area contributed by atoms with E-state index in [0.717, 1.165) is 17.6 Å². The minimum absolute atomic E-state index is 0.0286. The van der Waals surface area contributed by atoms with Crippen LogP contribution in [0.3, 0.4) is 0 Å². The number of H-pyrrole nitrogens is 1. The van der Waals surface area contributed by atoms with Crippen LogP contribution in [0.15, 0.2) is 52.2 Å². The van der Waals surface area contributed by atoms with E-state index in [1.165, 1.54) is 0 Å². The number of nitro benzene ring substituents is 1. The van der Waals surface area contributed by atoms with Gasteiger partial charge in [-0.05, 0) is 37.1 Å². The summed E-state index contributed by atoms with van der Waals surface area (Å²) >= 11 is 0. The molecule has 0 bridgehead atoms. The molecule has 0 saturated carbocycles. The topological polar surface area (TPSA) is 118 Å². The number of nitro groups is 1. The summed E-state index contributed by atoms with van der Waals surface area (Å²) in [6.45, 7) is 0.589. The summed E-state index contributed by atoms with van der Waals surface area (Å²) < 4.78 is 63.4. The summed E-state index contributed by atoms with van der Waals surface area (Å²) in [4.78, 5) is 26.2. The Morgan fingerprint density at radius 1 is 1.09 bits per heavy atom. The second kappa shape index (κ2) is 7.65. The van der Waals surface area contributed by atoms with Crippen molar-refractivity contribution in [1.82, 2.24) is 9.55 Å². The van der Waals surface area contributed by atoms with Crippen LogP contribution in [0.1, 0.15) is 18.9 Å². The van der Waals surface area contributed by atoms with Crippen molar-refractivity contribution in [2.75, 3.05) is 18.0 Å². The molecule has 0 aliphatic carbocycles. The highest BCUT2D eigenvalue weighted by atomic mass is 32.2. The number of piperidine rings is 1. The van der Waals surface area contributed by atoms with Crippen molar-refractivity contribution in [3.63, 3.8) is 0 Å². The number of imidazole rings is 1. The number of nitrogens with one attached hydrogen (secondary N) is 1. The van der Waals surface area contributed by atoms with Gasteiger partial charge in [0.05, 0.1) is 20.9 Å². The number of aromatic nitrogens is 2. The number of aromatic amines is 1. The van der Waals surface area contributed by atoms with Gasteiger partial charge in [-0.3, -0.25) is 14.7 Å². The summed E-state index contributed by atoms with van der Waals surface area (Å²) in [5.41, 5.74) is -5.09. The number of hydrogen-bond donors (Lipinski definition) is 1. The number of fused-ring (bicyclic) bond motifs is 1. The van der Waals surface area contributed by atoms with Gasteiger partial charge in [0.2, 0.25) is 0 Å². The molecule has 1 aromatic heterocycles. The molecule has 0 radical (unpaired) electrons. The normalized spacial score (nSPS) is 15.9. The number of halogens is 3. The maximum Gasteiger partial charge on any atom is 0.501 e. The first-order valence-electron chi connectivity index (χ1n) is 9.54. The fourth-order valence-electron chi connectivity index (χ4n) is 4.02. The van der Waals surface area contributed by atoms with Gasteiger partial charge in [0, 0.05) is 25.2 Å². The van der Waals surface area contributed by atoms with Gasteiger partial charge in [0.1, 0.15) is 5.69 Å². The van der Waals surface area contributed by atoms with E-state index in [1.807, 2.05) is 6.07 Å². The standard InChI is InChI=1S/C19H17F3N4O5S/c20-19(21,22)32(30,31)13-5-6-16(17(11-13)26(28)29)24-9-7-12(8-10-24)25-15-4-2-1-3-14(15)23-18(25)27/h1-6,11-12H,7-10H2,(H,23,27). The minimum atomic E-state index is -5.71. The van der Waals surface area contributed by atoms with Gasteiger partial charge in [0.25, 0.3) is 15.5 Å². The van der Waals surface area contributed by atoms with Crippen LogP contribution in [-0.2, 0) is 9.84 Å². The number of anilines is 1. The van der Waals surface area contributed by atoms with E-state index >= 15 is 0 Å². The Balaban J connectivity index is 1.61. The lowest BCUT2D eigenvalue weighted by atomic mass is 10.0. The second-order valence-corrected chi connectivity index (χ2v) is 9.33. The Morgan fingerprint density at radius 2 is 1.75 bits per heavy atom. The minimum Gasteiger partial charge on any atom is -0.366 e. The molecule has 2 heterocycles. The van der Waals surface area contributed by atoms with Crippen LogP contribution in [0.5, 0.6) is 0 Å². The lowest BCUT2D eigenvalue weighted by Crippen LogP contribution is -2.37. The molecule has 13 heteroatoms. The van der Waals surface area contributed by atoms with Crippen LogP contribution in [0.2, 0.25) is 0 Å². The van der Waals surface area contributed by atoms with Gasteiger partial charge in [-0.1, -0.05) is 12.1 Å². The number of alkyl halides is 3. The molecule has 0 unspecified atom stereocenters. The van der Waals surface area contributed by atoms with Crippen LogP contribution in [-0.4, -0.2) is 41.5 Å². The molecular formula is C19H17F3N4O5S. The number of rotatable bonds is 4. The Morgan fingerprint density at radius 3 is 2.38 bits per heavy atom. The van der Waals surface area contributed by atoms with Gasteiger partial charge in [-0.15, -0.1) is 0 Å². The zero-order valence-corrected chi connectivity index (χ0v) is 17.2. The van der Waals surface area contributed by atoms with Crippen LogP contribution in [0.4, 0.5) is 24.5 Å². The van der Waals surface area contributed by atoms with Crippen molar-refractivity contribution in [3.8, 4) is 0 Å². The summed E-state index contributed by atoms with van der Waals surface area (Å²) in [7, 11) is -5.71. The summed E-state index contributed by atoms with van der Waals surface area (Å²) in [6, 6.07) is 9.21. The third kappa shape index (κ3) is 3.61. The largest absolute Gasteiger partial charge is 0.501 e. The van der Waals surface area contributed by atoms with Crippen LogP contribution < -0.4 is 10.6 Å². The predicted molar refractivity (Wildman–Crippen MR) is 109 cm³/mol. The molecule has 4 rings (SSSR count). The summed E-state index contributed by atoms with van der Waals surface area (Å²) in [5, 5.41) is 11.5. The maximum atomic E-state index is 12.8. The zero-order chi connectivity index (χ0) is 23.3. The van der Waals surface area contributed by atoms with Crippen molar-refractivity contribution in [2.45, 2.75) is 29.3 Å². The Labute approximate surface area is 179 Å². The number of hydrogen-bond acceptors (Lipinski definition) is 6. The monoisotopic (exact) mass is 470 g/mol. The van der Waals surface area contributed by atoms with E-state index in [2.05, 4.69) is 4.98 Å². The highest BCUT2D eigenvalue weighted by Gasteiger charge is 2.47. The average molecular weight is 470 g/mol. The number of benzene rings is 2. The van der Waals surface area contributed by atoms with E-state index in [4.69, 9.17) is 0 Å². The molecular weight excluding hydrogens is 453 g/mol. The van der Waals surface area contributed by atoms with Gasteiger partial charge in [-0.25, -0.2) is 13.2 Å². The fraction of sp³-hybridized carbons (Fsp3) is 0.316. The lowest BCUT2D eigenvalue weighted by Gasteiger charge is -2.33. The Kier molecular flexibility index (Phi) is 5.23. The molecule has 1 saturated heterocycles. The van der Waals surface area contributed by atoms with Crippen molar-refractivity contribution < 1.29 is 26.5 Å². The molecule has 1 aliphatic heterocycles. The molecule has 0 spiro atoms. The second-order valence-electron chi connectivity index (χ2n) is 7.39. The van der Waals surface area contributed by atoms with E-state index < -0.39 is 30.9 Å². The highest BCUT2D eigenvalue weighted by Crippen LogP contribution is 2.38. The van der Waals surface area contributed by atoms with E-state index in [1.54, 1.807) is 27.7 Å². The zero-order valence-electron chi connectivity index (χ0n) is 16.4. The molecule has 0 atom stereocenters. The van der Waals surface area contributed by atoms with Crippen LogP contribution >= 0.6 is 0 Å². The lowest BCUT2D eigenvalue weighted by molar-refractivity contribution is -0.384. The first kappa shape index (κ1) is 21.9. The number of para-hydroxylation sites is 2. The maximum absolute atomic E-state index is 12.8. The third-order valence-electron chi connectivity index (χ3n) is 5.55. The smallest absolute Gasteiger partial charge is 0.366 e. The molecule has 1 N–H and O–H groups in total. The molecule has 170 valence electrons. The molecule has 32 heavy (non-hydrogen) atoms. The molecule has 3 aromatic rings. The van der Waals surface area contributed by atoms with E-state index in [9.17, 15) is 36.5 Å². The van der Waals surface area contributed by atoms with Crippen molar-refractivity contribution in [1.29, 1.82) is 0 Å². The van der Waals surface area contributed by atoms with Gasteiger partial charge in [-0.2, -0.15) is 13.2 Å². The van der Waals surface area contributed by atoms with Crippen LogP contribution in [0, 0.1) is 10.1 Å². The van der Waals surface area contributed by atoms with Crippen molar-refractivity contribution in [3.05, 3.63) is 63.1 Å². The third-order valence-corrected chi connectivity index (χ3v) is 7.04. The summed E-state index contributed by atoms with van der Waals surface area (Å²) in [5.74, 6) is 0.